The van der Waals surface area contributed by atoms with Crippen LogP contribution in [0.3, 0.4) is 0 Å². The molecule has 2 atom stereocenters. The molecular formula is C14H25N3O2. The Bertz CT molecular complexity index is 363. The third-order valence-electron chi connectivity index (χ3n) is 3.34. The number of aliphatic hydroxyl groups excluding tert-OH is 1. The maximum Gasteiger partial charge on any atom is 0.222 e. The number of hydrogen-bond acceptors (Lipinski definition) is 3. The molecular weight excluding hydrogens is 242 g/mol. The number of carbonyl (C=O) groups excluding carboxylic acids is 1. The number of aromatic nitrogens is 2. The Morgan fingerprint density at radius 3 is 2.68 bits per heavy atom. The van der Waals surface area contributed by atoms with Crippen LogP contribution in [-0.2, 0) is 4.79 Å². The molecule has 0 saturated carbocycles. The Balaban J connectivity index is 2.57. The van der Waals surface area contributed by atoms with Crippen molar-refractivity contribution >= 4 is 5.91 Å². The number of hydrogen-bond donors (Lipinski definition) is 2. The second kappa shape index (κ2) is 7.94. The first-order valence-electron chi connectivity index (χ1n) is 6.96. The zero-order chi connectivity index (χ0) is 14.3. The summed E-state index contributed by atoms with van der Waals surface area (Å²) in [4.78, 5) is 16.1. The Hall–Kier alpha value is -1.36. The highest BCUT2D eigenvalue weighted by molar-refractivity contribution is 5.76. The Morgan fingerprint density at radius 1 is 1.47 bits per heavy atom. The van der Waals surface area contributed by atoms with Gasteiger partial charge < -0.3 is 15.0 Å². The van der Waals surface area contributed by atoms with E-state index in [1.54, 1.807) is 12.5 Å². The van der Waals surface area contributed by atoms with Crippen LogP contribution in [0, 0.1) is 5.92 Å². The van der Waals surface area contributed by atoms with Gasteiger partial charge in [-0.3, -0.25) is 4.79 Å². The Labute approximate surface area is 115 Å². The Kier molecular flexibility index (Phi) is 6.56. The lowest BCUT2D eigenvalue weighted by Crippen LogP contribution is -2.41. The van der Waals surface area contributed by atoms with Gasteiger partial charge in [0.05, 0.1) is 19.0 Å². The molecule has 108 valence electrons. The SMILES string of the molecule is CCCC(CC(=O)NC(CO)C(C)C)n1ccnc1. The molecule has 2 unspecified atom stereocenters. The smallest absolute Gasteiger partial charge is 0.222 e. The van der Waals surface area contributed by atoms with E-state index in [-0.39, 0.29) is 30.5 Å². The predicted octanol–water partition coefficient (Wildman–Crippen LogP) is 1.75. The molecule has 1 amide bonds. The van der Waals surface area contributed by atoms with Gasteiger partial charge in [-0.25, -0.2) is 4.98 Å². The van der Waals surface area contributed by atoms with Gasteiger partial charge in [0.1, 0.15) is 0 Å². The fourth-order valence-electron chi connectivity index (χ4n) is 2.08. The van der Waals surface area contributed by atoms with Gasteiger partial charge in [-0.15, -0.1) is 0 Å². The minimum Gasteiger partial charge on any atom is -0.394 e. The van der Waals surface area contributed by atoms with Crippen LogP contribution in [0.4, 0.5) is 0 Å². The molecule has 5 heteroatoms. The lowest BCUT2D eigenvalue weighted by Gasteiger charge is -2.22. The summed E-state index contributed by atoms with van der Waals surface area (Å²) in [5.74, 6) is 0.215. The molecule has 1 rings (SSSR count). The van der Waals surface area contributed by atoms with Crippen molar-refractivity contribution in [2.24, 2.45) is 5.92 Å². The third-order valence-corrected chi connectivity index (χ3v) is 3.34. The summed E-state index contributed by atoms with van der Waals surface area (Å²) in [5.41, 5.74) is 0. The Morgan fingerprint density at radius 2 is 2.21 bits per heavy atom. The molecule has 1 aromatic heterocycles. The van der Waals surface area contributed by atoms with E-state index < -0.39 is 0 Å². The van der Waals surface area contributed by atoms with Crippen molar-refractivity contribution in [3.05, 3.63) is 18.7 Å². The lowest BCUT2D eigenvalue weighted by molar-refractivity contribution is -0.123. The largest absolute Gasteiger partial charge is 0.394 e. The van der Waals surface area contributed by atoms with Crippen molar-refractivity contribution in [1.29, 1.82) is 0 Å². The summed E-state index contributed by atoms with van der Waals surface area (Å²) in [6.45, 7) is 6.06. The van der Waals surface area contributed by atoms with Gasteiger partial charge in [-0.2, -0.15) is 0 Å². The minimum atomic E-state index is -0.169. The summed E-state index contributed by atoms with van der Waals surface area (Å²) >= 11 is 0. The topological polar surface area (TPSA) is 67.2 Å². The van der Waals surface area contributed by atoms with Crippen molar-refractivity contribution in [2.45, 2.75) is 52.1 Å². The van der Waals surface area contributed by atoms with Gasteiger partial charge in [0.25, 0.3) is 0 Å². The molecule has 0 saturated heterocycles. The number of imidazole rings is 1. The molecule has 0 spiro atoms. The van der Waals surface area contributed by atoms with Gasteiger partial charge in [0, 0.05) is 24.9 Å². The first-order chi connectivity index (χ1) is 9.08. The molecule has 0 radical (unpaired) electrons. The fourth-order valence-corrected chi connectivity index (χ4v) is 2.08. The highest BCUT2D eigenvalue weighted by Gasteiger charge is 2.19. The summed E-state index contributed by atoms with van der Waals surface area (Å²) in [6.07, 6.45) is 7.75. The molecule has 2 N–H and O–H groups in total. The number of carbonyl (C=O) groups is 1. The van der Waals surface area contributed by atoms with Gasteiger partial charge in [0.2, 0.25) is 5.91 Å². The second-order valence-electron chi connectivity index (χ2n) is 5.26. The molecule has 0 aliphatic heterocycles. The van der Waals surface area contributed by atoms with E-state index >= 15 is 0 Å². The highest BCUT2D eigenvalue weighted by Crippen LogP contribution is 2.17. The minimum absolute atomic E-state index is 0.0140. The van der Waals surface area contributed by atoms with Crippen LogP contribution in [-0.4, -0.2) is 33.2 Å². The maximum atomic E-state index is 12.0. The summed E-state index contributed by atoms with van der Waals surface area (Å²) in [5, 5.41) is 12.1. The average Bonchev–Trinajstić information content (AvgIpc) is 2.88. The van der Waals surface area contributed by atoms with Gasteiger partial charge >= 0.3 is 0 Å². The monoisotopic (exact) mass is 267 g/mol. The fraction of sp³-hybridized carbons (Fsp3) is 0.714. The number of amides is 1. The first kappa shape index (κ1) is 15.7. The number of nitrogens with zero attached hydrogens (tertiary/aromatic N) is 2. The number of rotatable bonds is 8. The molecule has 5 nitrogen and oxygen atoms in total. The highest BCUT2D eigenvalue weighted by atomic mass is 16.3. The predicted molar refractivity (Wildman–Crippen MR) is 74.6 cm³/mol. The molecule has 0 aliphatic carbocycles. The van der Waals surface area contributed by atoms with Crippen molar-refractivity contribution in [3.63, 3.8) is 0 Å². The van der Waals surface area contributed by atoms with Crippen molar-refractivity contribution < 1.29 is 9.90 Å². The van der Waals surface area contributed by atoms with Crippen LogP contribution < -0.4 is 5.32 Å². The summed E-state index contributed by atoms with van der Waals surface area (Å²) in [7, 11) is 0. The van der Waals surface area contributed by atoms with Crippen molar-refractivity contribution in [1.82, 2.24) is 14.9 Å². The number of aliphatic hydroxyl groups is 1. The van der Waals surface area contributed by atoms with E-state index in [9.17, 15) is 9.90 Å². The first-order valence-corrected chi connectivity index (χ1v) is 6.96. The summed E-state index contributed by atoms with van der Waals surface area (Å²) < 4.78 is 1.98. The standard InChI is InChI=1S/C14H25N3O2/c1-4-5-12(17-7-6-15-10-17)8-14(19)16-13(9-18)11(2)3/h6-7,10-13,18H,4-5,8-9H2,1-3H3,(H,16,19). The second-order valence-corrected chi connectivity index (χ2v) is 5.26. The van der Waals surface area contributed by atoms with E-state index in [4.69, 9.17) is 0 Å². The molecule has 0 fully saturated rings. The molecule has 0 aromatic carbocycles. The average molecular weight is 267 g/mol. The van der Waals surface area contributed by atoms with Crippen LogP contribution in [0.25, 0.3) is 0 Å². The summed E-state index contributed by atoms with van der Waals surface area (Å²) in [6, 6.07) is -0.0310. The van der Waals surface area contributed by atoms with Crippen LogP contribution in [0.5, 0.6) is 0 Å². The van der Waals surface area contributed by atoms with Crippen molar-refractivity contribution in [2.75, 3.05) is 6.61 Å². The van der Waals surface area contributed by atoms with E-state index in [1.807, 2.05) is 24.6 Å². The lowest BCUT2D eigenvalue weighted by atomic mass is 10.0. The molecule has 1 aromatic rings. The van der Waals surface area contributed by atoms with Crippen LogP contribution in [0.1, 0.15) is 46.1 Å². The third kappa shape index (κ3) is 5.03. The van der Waals surface area contributed by atoms with Crippen molar-refractivity contribution in [3.8, 4) is 0 Å². The molecule has 1 heterocycles. The van der Waals surface area contributed by atoms with Crippen LogP contribution in [0.2, 0.25) is 0 Å². The van der Waals surface area contributed by atoms with Crippen LogP contribution >= 0.6 is 0 Å². The molecule has 0 aliphatic rings. The molecule has 19 heavy (non-hydrogen) atoms. The zero-order valence-corrected chi connectivity index (χ0v) is 12.0. The van der Waals surface area contributed by atoms with E-state index in [2.05, 4.69) is 17.2 Å². The van der Waals surface area contributed by atoms with Gasteiger partial charge in [-0.05, 0) is 12.3 Å². The van der Waals surface area contributed by atoms with E-state index in [1.165, 1.54) is 0 Å². The van der Waals surface area contributed by atoms with Gasteiger partial charge in [-0.1, -0.05) is 27.2 Å². The van der Waals surface area contributed by atoms with Gasteiger partial charge in [0.15, 0.2) is 0 Å². The zero-order valence-electron chi connectivity index (χ0n) is 12.0. The maximum absolute atomic E-state index is 12.0. The number of nitrogens with one attached hydrogen (secondary N) is 1. The quantitative estimate of drug-likeness (QED) is 0.754. The van der Waals surface area contributed by atoms with Crippen LogP contribution in [0.15, 0.2) is 18.7 Å². The molecule has 0 bridgehead atoms. The van der Waals surface area contributed by atoms with E-state index in [0.717, 1.165) is 12.8 Å². The van der Waals surface area contributed by atoms with E-state index in [0.29, 0.717) is 6.42 Å². The normalized spacial score (nSPS) is 14.4.